The molecule has 0 spiro atoms. The van der Waals surface area contributed by atoms with Crippen molar-refractivity contribution in [1.29, 1.82) is 0 Å². The van der Waals surface area contributed by atoms with Gasteiger partial charge in [0.1, 0.15) is 5.75 Å². The maximum atomic E-state index is 5.50. The van der Waals surface area contributed by atoms with Crippen molar-refractivity contribution in [3.05, 3.63) is 23.0 Å². The Morgan fingerprint density at radius 2 is 2.05 bits per heavy atom. The molecule has 1 aliphatic rings. The van der Waals surface area contributed by atoms with Gasteiger partial charge in [-0.05, 0) is 64.5 Å². The van der Waals surface area contributed by atoms with E-state index >= 15 is 0 Å². The first-order valence-corrected chi connectivity index (χ1v) is 7.87. The average molecular weight is 276 g/mol. The zero-order valence-electron chi connectivity index (χ0n) is 13.3. The average Bonchev–Trinajstić information content (AvgIpc) is 2.42. The highest BCUT2D eigenvalue weighted by molar-refractivity contribution is 5.41. The van der Waals surface area contributed by atoms with Crippen molar-refractivity contribution >= 4 is 0 Å². The molecule has 3 nitrogen and oxygen atoms in total. The lowest BCUT2D eigenvalue weighted by atomic mass is 9.71. The second-order valence-corrected chi connectivity index (χ2v) is 6.05. The fourth-order valence-corrected chi connectivity index (χ4v) is 3.16. The van der Waals surface area contributed by atoms with Crippen molar-refractivity contribution in [3.8, 4) is 5.75 Å². The third kappa shape index (κ3) is 3.32. The Labute approximate surface area is 123 Å². The Hall–Kier alpha value is -1.09. The van der Waals surface area contributed by atoms with Gasteiger partial charge in [0.05, 0.1) is 7.11 Å². The van der Waals surface area contributed by atoms with Gasteiger partial charge in [-0.15, -0.1) is 0 Å². The maximum Gasteiger partial charge on any atom is 0.128 e. The number of methoxy groups -OCH3 is 1. The van der Waals surface area contributed by atoms with E-state index in [1.54, 1.807) is 7.11 Å². The summed E-state index contributed by atoms with van der Waals surface area (Å²) in [5, 5.41) is 3.55. The highest BCUT2D eigenvalue weighted by atomic mass is 16.5. The zero-order chi connectivity index (χ0) is 14.5. The number of aromatic nitrogens is 1. The molecular formula is C17H28N2O. The molecule has 2 rings (SSSR count). The van der Waals surface area contributed by atoms with Crippen LogP contribution in [0.2, 0.25) is 0 Å². The molecule has 2 unspecified atom stereocenters. The largest absolute Gasteiger partial charge is 0.496 e. The van der Waals surface area contributed by atoms with Crippen molar-refractivity contribution in [1.82, 2.24) is 10.3 Å². The number of ether oxygens (including phenoxy) is 1. The summed E-state index contributed by atoms with van der Waals surface area (Å²) in [7, 11) is 1.75. The van der Waals surface area contributed by atoms with Gasteiger partial charge in [-0.25, -0.2) is 0 Å². The quantitative estimate of drug-likeness (QED) is 0.776. The highest BCUT2D eigenvalue weighted by Crippen LogP contribution is 2.37. The Morgan fingerprint density at radius 3 is 2.65 bits per heavy atom. The molecule has 0 radical (unpaired) electrons. The van der Waals surface area contributed by atoms with Crippen LogP contribution in [0.3, 0.4) is 0 Å². The first-order chi connectivity index (χ1) is 9.67. The molecule has 112 valence electrons. The third-order valence-corrected chi connectivity index (χ3v) is 4.61. The molecule has 2 atom stereocenters. The van der Waals surface area contributed by atoms with E-state index in [1.807, 2.05) is 6.20 Å². The lowest BCUT2D eigenvalue weighted by Gasteiger charge is -2.37. The lowest BCUT2D eigenvalue weighted by Crippen LogP contribution is -2.36. The summed E-state index contributed by atoms with van der Waals surface area (Å²) in [5.74, 6) is 2.63. The van der Waals surface area contributed by atoms with E-state index in [1.165, 1.54) is 37.1 Å². The fourth-order valence-electron chi connectivity index (χ4n) is 3.16. The Morgan fingerprint density at radius 1 is 1.30 bits per heavy atom. The summed E-state index contributed by atoms with van der Waals surface area (Å²) in [4.78, 5) is 4.64. The van der Waals surface area contributed by atoms with Crippen molar-refractivity contribution in [2.75, 3.05) is 20.2 Å². The van der Waals surface area contributed by atoms with Gasteiger partial charge in [0.25, 0.3) is 0 Å². The van der Waals surface area contributed by atoms with Gasteiger partial charge in [-0.1, -0.05) is 6.92 Å². The summed E-state index contributed by atoms with van der Waals surface area (Å²) in [6, 6.07) is 0. The monoisotopic (exact) mass is 276 g/mol. The smallest absolute Gasteiger partial charge is 0.128 e. The van der Waals surface area contributed by atoms with Crippen LogP contribution in [-0.4, -0.2) is 25.2 Å². The van der Waals surface area contributed by atoms with Gasteiger partial charge in [0.15, 0.2) is 0 Å². The molecule has 0 aromatic carbocycles. The molecule has 0 amide bonds. The van der Waals surface area contributed by atoms with E-state index in [2.05, 4.69) is 31.1 Å². The van der Waals surface area contributed by atoms with Crippen molar-refractivity contribution < 1.29 is 4.74 Å². The van der Waals surface area contributed by atoms with Crippen molar-refractivity contribution in [3.63, 3.8) is 0 Å². The summed E-state index contributed by atoms with van der Waals surface area (Å²) in [6.07, 6.45) is 6.97. The van der Waals surface area contributed by atoms with Gasteiger partial charge in [-0.2, -0.15) is 0 Å². The van der Waals surface area contributed by atoms with E-state index in [9.17, 15) is 0 Å². The van der Waals surface area contributed by atoms with Crippen LogP contribution >= 0.6 is 0 Å². The molecule has 0 bridgehead atoms. The highest BCUT2D eigenvalue weighted by Gasteiger charge is 2.31. The first kappa shape index (κ1) is 15.3. The molecular weight excluding hydrogens is 248 g/mol. The SMILES string of the molecule is CCCNCC1CCC1Cc1ncc(C)c(OC)c1C. The van der Waals surface area contributed by atoms with Crippen LogP contribution in [0.4, 0.5) is 0 Å². The summed E-state index contributed by atoms with van der Waals surface area (Å²) >= 11 is 0. The number of hydrogen-bond acceptors (Lipinski definition) is 3. The number of hydrogen-bond donors (Lipinski definition) is 1. The van der Waals surface area contributed by atoms with Crippen LogP contribution in [0.1, 0.15) is 43.0 Å². The fraction of sp³-hybridized carbons (Fsp3) is 0.706. The summed E-state index contributed by atoms with van der Waals surface area (Å²) in [5.41, 5.74) is 3.57. The Balaban J connectivity index is 1.97. The minimum Gasteiger partial charge on any atom is -0.496 e. The van der Waals surface area contributed by atoms with Crippen LogP contribution in [0.25, 0.3) is 0 Å². The van der Waals surface area contributed by atoms with E-state index in [0.717, 1.165) is 36.1 Å². The normalized spacial score (nSPS) is 21.6. The predicted molar refractivity (Wildman–Crippen MR) is 83.3 cm³/mol. The second kappa shape index (κ2) is 7.07. The number of nitrogens with one attached hydrogen (secondary N) is 1. The number of rotatable bonds is 7. The molecule has 1 heterocycles. The van der Waals surface area contributed by atoms with Crippen LogP contribution < -0.4 is 10.1 Å². The molecule has 20 heavy (non-hydrogen) atoms. The zero-order valence-corrected chi connectivity index (χ0v) is 13.3. The number of pyridine rings is 1. The predicted octanol–water partition coefficient (Wildman–Crippen LogP) is 3.28. The molecule has 1 N–H and O–H groups in total. The van der Waals surface area contributed by atoms with E-state index in [-0.39, 0.29) is 0 Å². The maximum absolute atomic E-state index is 5.50. The molecule has 1 aromatic rings. The van der Waals surface area contributed by atoms with E-state index in [4.69, 9.17) is 4.74 Å². The van der Waals surface area contributed by atoms with Gasteiger partial charge in [0.2, 0.25) is 0 Å². The number of aryl methyl sites for hydroxylation is 1. The molecule has 1 fully saturated rings. The van der Waals surface area contributed by atoms with Gasteiger partial charge in [0, 0.05) is 23.0 Å². The van der Waals surface area contributed by atoms with Gasteiger partial charge < -0.3 is 10.1 Å². The van der Waals surface area contributed by atoms with Gasteiger partial charge >= 0.3 is 0 Å². The second-order valence-electron chi connectivity index (χ2n) is 6.05. The molecule has 1 aromatic heterocycles. The van der Waals surface area contributed by atoms with E-state index in [0.29, 0.717) is 0 Å². The van der Waals surface area contributed by atoms with Crippen LogP contribution in [0, 0.1) is 25.7 Å². The Bertz CT molecular complexity index is 445. The molecule has 1 aliphatic carbocycles. The molecule has 1 saturated carbocycles. The standard InChI is InChI=1S/C17H28N2O/c1-5-8-18-11-15-7-6-14(15)9-16-13(3)17(20-4)12(2)10-19-16/h10,14-15,18H,5-9,11H2,1-4H3. The summed E-state index contributed by atoms with van der Waals surface area (Å²) in [6.45, 7) is 8.72. The van der Waals surface area contributed by atoms with Crippen molar-refractivity contribution in [2.24, 2.45) is 11.8 Å². The summed E-state index contributed by atoms with van der Waals surface area (Å²) < 4.78 is 5.50. The molecule has 3 heteroatoms. The molecule has 0 aliphatic heterocycles. The third-order valence-electron chi connectivity index (χ3n) is 4.61. The minimum atomic E-state index is 0.790. The minimum absolute atomic E-state index is 0.790. The molecule has 0 saturated heterocycles. The van der Waals surface area contributed by atoms with Gasteiger partial charge in [-0.3, -0.25) is 4.98 Å². The van der Waals surface area contributed by atoms with Crippen LogP contribution in [0.5, 0.6) is 5.75 Å². The van der Waals surface area contributed by atoms with Crippen LogP contribution in [-0.2, 0) is 6.42 Å². The lowest BCUT2D eigenvalue weighted by molar-refractivity contribution is 0.169. The Kier molecular flexibility index (Phi) is 5.41. The first-order valence-electron chi connectivity index (χ1n) is 7.87. The van der Waals surface area contributed by atoms with E-state index < -0.39 is 0 Å². The van der Waals surface area contributed by atoms with Crippen molar-refractivity contribution in [2.45, 2.75) is 46.5 Å². The van der Waals surface area contributed by atoms with Crippen LogP contribution in [0.15, 0.2) is 6.20 Å². The number of nitrogens with zero attached hydrogens (tertiary/aromatic N) is 1. The topological polar surface area (TPSA) is 34.2 Å².